The van der Waals surface area contributed by atoms with Gasteiger partial charge in [0.15, 0.2) is 0 Å². The fourth-order valence-corrected chi connectivity index (χ4v) is 3.12. The van der Waals surface area contributed by atoms with Crippen molar-refractivity contribution in [1.82, 2.24) is 9.97 Å². The van der Waals surface area contributed by atoms with E-state index in [1.54, 1.807) is 6.92 Å². The molecule has 0 saturated heterocycles. The number of nitrogens with one attached hydrogen (secondary N) is 3. The Balaban J connectivity index is 0.00000306. The second-order valence-corrected chi connectivity index (χ2v) is 7.50. The molecule has 0 spiro atoms. The summed E-state index contributed by atoms with van der Waals surface area (Å²) in [4.78, 5) is 31.8. The smallest absolute Gasteiger partial charge is 0.332 e. The lowest BCUT2D eigenvalue weighted by atomic mass is 10.2. The highest BCUT2D eigenvalue weighted by molar-refractivity contribution is 7.59. The highest BCUT2D eigenvalue weighted by Gasteiger charge is 2.24. The van der Waals surface area contributed by atoms with Gasteiger partial charge in [-0.25, -0.2) is 9.78 Å². The zero-order chi connectivity index (χ0) is 22.5. The monoisotopic (exact) mass is 476 g/mol. The number of esters is 1. The third kappa shape index (κ3) is 6.62. The summed E-state index contributed by atoms with van der Waals surface area (Å²) in [5, 5.41) is 9.62. The van der Waals surface area contributed by atoms with Gasteiger partial charge in [0.1, 0.15) is 30.9 Å². The van der Waals surface area contributed by atoms with Gasteiger partial charge in [0.25, 0.3) is 5.91 Å². The van der Waals surface area contributed by atoms with Crippen LogP contribution in [0.5, 0.6) is 5.75 Å². The molecular weight excluding hydrogens is 448 g/mol. The highest BCUT2D eigenvalue weighted by Crippen LogP contribution is 2.31. The van der Waals surface area contributed by atoms with E-state index in [1.165, 1.54) is 6.20 Å². The van der Waals surface area contributed by atoms with Gasteiger partial charge in [-0.05, 0) is 38.0 Å². The van der Waals surface area contributed by atoms with Crippen molar-refractivity contribution in [2.75, 3.05) is 42.3 Å². The van der Waals surface area contributed by atoms with Crippen LogP contribution in [-0.4, -0.2) is 60.4 Å². The number of hydrogen-bond donors (Lipinski definition) is 4. The van der Waals surface area contributed by atoms with Crippen molar-refractivity contribution in [3.8, 4) is 5.75 Å². The number of fused-ring (bicyclic) bond motifs is 1. The van der Waals surface area contributed by atoms with Crippen LogP contribution in [-0.2, 0) is 14.3 Å². The SMILES string of the molecule is CCOC(=O)CO[C@H]1CNc2cc(Nc3ncc(C(N)=O)c(NC4CC4)n3)ccc2OC1.S. The van der Waals surface area contributed by atoms with Crippen LogP contribution in [0, 0.1) is 0 Å². The van der Waals surface area contributed by atoms with E-state index in [0.29, 0.717) is 43.3 Å². The van der Waals surface area contributed by atoms with Crippen molar-refractivity contribution in [1.29, 1.82) is 0 Å². The van der Waals surface area contributed by atoms with Gasteiger partial charge < -0.3 is 35.9 Å². The van der Waals surface area contributed by atoms with E-state index in [9.17, 15) is 9.59 Å². The number of anilines is 4. The average molecular weight is 477 g/mol. The first kappa shape index (κ1) is 24.4. The predicted octanol–water partition coefficient (Wildman–Crippen LogP) is 1.76. The fourth-order valence-electron chi connectivity index (χ4n) is 3.12. The number of amides is 1. The summed E-state index contributed by atoms with van der Waals surface area (Å²) in [5.74, 6) is 0.446. The maximum absolute atomic E-state index is 11.7. The first-order chi connectivity index (χ1) is 15.5. The van der Waals surface area contributed by atoms with Gasteiger partial charge in [-0.15, -0.1) is 0 Å². The van der Waals surface area contributed by atoms with Crippen molar-refractivity contribution in [2.24, 2.45) is 5.73 Å². The Bertz CT molecular complexity index is 1000. The molecule has 1 aromatic carbocycles. The molecule has 1 atom stereocenters. The molecule has 178 valence electrons. The van der Waals surface area contributed by atoms with Gasteiger partial charge >= 0.3 is 5.97 Å². The van der Waals surface area contributed by atoms with E-state index in [1.807, 2.05) is 18.2 Å². The minimum Gasteiger partial charge on any atom is -0.489 e. The number of ether oxygens (including phenoxy) is 3. The Hall–Kier alpha value is -3.25. The summed E-state index contributed by atoms with van der Waals surface area (Å²) in [5.41, 5.74) is 7.19. The second kappa shape index (κ2) is 11.1. The third-order valence-electron chi connectivity index (χ3n) is 4.90. The fraction of sp³-hybridized carbons (Fsp3) is 0.429. The Morgan fingerprint density at radius 1 is 1.33 bits per heavy atom. The molecule has 2 aromatic rings. The molecule has 0 bridgehead atoms. The maximum atomic E-state index is 11.7. The number of hydrogen-bond acceptors (Lipinski definition) is 10. The van der Waals surface area contributed by atoms with Crippen LogP contribution in [0.1, 0.15) is 30.1 Å². The van der Waals surface area contributed by atoms with E-state index in [0.717, 1.165) is 24.2 Å². The van der Waals surface area contributed by atoms with Crippen LogP contribution in [0.4, 0.5) is 23.1 Å². The molecule has 2 heterocycles. The minimum atomic E-state index is -0.578. The van der Waals surface area contributed by atoms with Gasteiger partial charge in [-0.1, -0.05) is 0 Å². The van der Waals surface area contributed by atoms with Crippen LogP contribution in [0.3, 0.4) is 0 Å². The number of carbonyl (C=O) groups is 2. The average Bonchev–Trinajstić information content (AvgIpc) is 3.60. The van der Waals surface area contributed by atoms with E-state index in [-0.39, 0.29) is 31.8 Å². The van der Waals surface area contributed by atoms with Crippen LogP contribution in [0.25, 0.3) is 0 Å². The molecule has 11 nitrogen and oxygen atoms in total. The molecule has 1 aromatic heterocycles. The lowest BCUT2D eigenvalue weighted by Gasteiger charge is -2.14. The topological polar surface area (TPSA) is 150 Å². The summed E-state index contributed by atoms with van der Waals surface area (Å²) in [6.07, 6.45) is 3.18. The number of aromatic nitrogens is 2. The molecule has 33 heavy (non-hydrogen) atoms. The number of primary amides is 1. The van der Waals surface area contributed by atoms with E-state index in [4.69, 9.17) is 19.9 Å². The lowest BCUT2D eigenvalue weighted by molar-refractivity contribution is -0.150. The molecule has 1 saturated carbocycles. The van der Waals surface area contributed by atoms with Crippen LogP contribution in [0.2, 0.25) is 0 Å². The van der Waals surface area contributed by atoms with E-state index < -0.39 is 11.9 Å². The summed E-state index contributed by atoms with van der Waals surface area (Å²) < 4.78 is 16.3. The standard InChI is InChI=1S/C21H26N6O5.H2S/c1-2-30-18(28)11-31-14-8-23-16-7-13(5-6-17(16)32-10-14)26-21-24-9-15(19(22)29)20(27-21)25-12-3-4-12;/h5-7,9,12,14,23H,2-4,8,10-11H2,1H3,(H2,22,29)(H2,24,25,26,27);1H2/t14-;/m0./s1. The van der Waals surface area contributed by atoms with E-state index >= 15 is 0 Å². The molecule has 0 radical (unpaired) electrons. The van der Waals surface area contributed by atoms with Gasteiger partial charge in [0.05, 0.1) is 17.9 Å². The number of nitrogens with two attached hydrogens (primary N) is 1. The molecule has 12 heteroatoms. The Morgan fingerprint density at radius 3 is 2.88 bits per heavy atom. The predicted molar refractivity (Wildman–Crippen MR) is 128 cm³/mol. The van der Waals surface area contributed by atoms with Crippen LogP contribution < -0.4 is 26.4 Å². The quantitative estimate of drug-likeness (QED) is 0.394. The van der Waals surface area contributed by atoms with Crippen molar-refractivity contribution >= 4 is 48.5 Å². The largest absolute Gasteiger partial charge is 0.489 e. The van der Waals surface area contributed by atoms with Gasteiger partial charge in [0.2, 0.25) is 5.95 Å². The first-order valence-corrected chi connectivity index (χ1v) is 10.5. The van der Waals surface area contributed by atoms with Crippen molar-refractivity contribution in [3.63, 3.8) is 0 Å². The Kier molecular flexibility index (Phi) is 8.17. The minimum absolute atomic E-state index is 0. The number of rotatable bonds is 9. The number of nitrogens with zero attached hydrogens (tertiary/aromatic N) is 2. The van der Waals surface area contributed by atoms with Crippen LogP contribution in [0.15, 0.2) is 24.4 Å². The molecule has 1 fully saturated rings. The van der Waals surface area contributed by atoms with Crippen molar-refractivity contribution < 1.29 is 23.8 Å². The molecule has 2 aliphatic rings. The highest BCUT2D eigenvalue weighted by atomic mass is 32.1. The van der Waals surface area contributed by atoms with Crippen molar-refractivity contribution in [2.45, 2.75) is 31.9 Å². The number of carbonyl (C=O) groups excluding carboxylic acids is 2. The van der Waals surface area contributed by atoms with E-state index in [2.05, 4.69) is 25.9 Å². The molecule has 4 rings (SSSR count). The van der Waals surface area contributed by atoms with Crippen molar-refractivity contribution in [3.05, 3.63) is 30.0 Å². The zero-order valence-corrected chi connectivity index (χ0v) is 19.2. The molecular formula is C21H28N6O5S. The summed E-state index contributed by atoms with van der Waals surface area (Å²) in [6.45, 7) is 2.71. The zero-order valence-electron chi connectivity index (χ0n) is 18.2. The first-order valence-electron chi connectivity index (χ1n) is 10.5. The Morgan fingerprint density at radius 2 is 2.15 bits per heavy atom. The van der Waals surface area contributed by atoms with Gasteiger partial charge in [-0.3, -0.25) is 4.79 Å². The number of benzene rings is 1. The van der Waals surface area contributed by atoms with Gasteiger partial charge in [-0.2, -0.15) is 18.5 Å². The molecule has 1 aliphatic heterocycles. The summed E-state index contributed by atoms with van der Waals surface area (Å²) in [6, 6.07) is 5.82. The normalized spacial score (nSPS) is 16.7. The molecule has 0 unspecified atom stereocenters. The molecule has 1 amide bonds. The third-order valence-corrected chi connectivity index (χ3v) is 4.90. The molecule has 5 N–H and O–H groups in total. The van der Waals surface area contributed by atoms with Gasteiger partial charge in [0, 0.05) is 24.5 Å². The second-order valence-electron chi connectivity index (χ2n) is 7.50. The summed E-state index contributed by atoms with van der Waals surface area (Å²) >= 11 is 0. The maximum Gasteiger partial charge on any atom is 0.332 e. The van der Waals surface area contributed by atoms with Crippen LogP contribution >= 0.6 is 13.5 Å². The molecule has 1 aliphatic carbocycles. The summed E-state index contributed by atoms with van der Waals surface area (Å²) in [7, 11) is 0. The Labute approximate surface area is 198 Å². The lowest BCUT2D eigenvalue weighted by Crippen LogP contribution is -2.30.